The average molecular weight is 330 g/mol. The number of hydrogen-bond donors (Lipinski definition) is 3. The van der Waals surface area contributed by atoms with Crippen molar-refractivity contribution in [1.29, 1.82) is 0 Å². The molecule has 1 aliphatic rings. The topological polar surface area (TPSA) is 89.1 Å². The quantitative estimate of drug-likeness (QED) is 0.464. The van der Waals surface area contributed by atoms with Crippen molar-refractivity contribution in [2.45, 2.75) is 25.9 Å². The van der Waals surface area contributed by atoms with Crippen LogP contribution in [0, 0.1) is 0 Å². The Morgan fingerprint density at radius 1 is 1.23 bits per heavy atom. The molecule has 0 radical (unpaired) electrons. The first kappa shape index (κ1) is 17.6. The van der Waals surface area contributed by atoms with Crippen molar-refractivity contribution in [3.63, 3.8) is 0 Å². The molecule has 8 heteroatoms. The lowest BCUT2D eigenvalue weighted by Gasteiger charge is -2.27. The third-order valence-corrected chi connectivity index (χ3v) is 4.92. The zero-order valence-electron chi connectivity index (χ0n) is 12.6. The lowest BCUT2D eigenvalue weighted by Crippen LogP contribution is -2.37. The summed E-state index contributed by atoms with van der Waals surface area (Å²) in [5.41, 5.74) is 0.972. The van der Waals surface area contributed by atoms with Gasteiger partial charge < -0.3 is 14.6 Å². The van der Waals surface area contributed by atoms with Gasteiger partial charge >= 0.3 is 7.67 Å². The monoisotopic (exact) mass is 330 g/mol. The molecule has 2 rings (SSSR count). The number of nitrogens with one attached hydrogen (secondary N) is 2. The minimum atomic E-state index is -3.13. The highest BCUT2D eigenvalue weighted by Crippen LogP contribution is 2.42. The third-order valence-electron chi connectivity index (χ3n) is 3.14. The SMILES string of the molecule is CCOC(OP1(=O)NCCN1)C(CO)OCc1ccccc1. The van der Waals surface area contributed by atoms with Crippen LogP contribution < -0.4 is 10.2 Å². The molecule has 1 heterocycles. The normalized spacial score (nSPS) is 19.9. The minimum Gasteiger partial charge on any atom is -0.393 e. The van der Waals surface area contributed by atoms with Crippen LogP contribution in [0.5, 0.6) is 0 Å². The lowest BCUT2D eigenvalue weighted by molar-refractivity contribution is -0.176. The van der Waals surface area contributed by atoms with E-state index in [0.717, 1.165) is 5.56 Å². The maximum atomic E-state index is 12.3. The fourth-order valence-corrected chi connectivity index (χ4v) is 3.61. The van der Waals surface area contributed by atoms with Crippen LogP contribution in [0.15, 0.2) is 30.3 Å². The molecule has 7 nitrogen and oxygen atoms in total. The molecule has 2 atom stereocenters. The molecule has 3 N–H and O–H groups in total. The largest absolute Gasteiger partial charge is 0.393 e. The second-order valence-corrected chi connectivity index (χ2v) is 6.76. The van der Waals surface area contributed by atoms with Crippen molar-refractivity contribution < 1.29 is 23.7 Å². The van der Waals surface area contributed by atoms with E-state index in [4.69, 9.17) is 14.0 Å². The van der Waals surface area contributed by atoms with Crippen LogP contribution in [-0.2, 0) is 25.2 Å². The second-order valence-electron chi connectivity index (χ2n) is 4.81. The van der Waals surface area contributed by atoms with Crippen molar-refractivity contribution in [2.24, 2.45) is 0 Å². The average Bonchev–Trinajstić information content (AvgIpc) is 2.95. The molecular weight excluding hydrogens is 307 g/mol. The summed E-state index contributed by atoms with van der Waals surface area (Å²) in [6.45, 7) is 3.29. The van der Waals surface area contributed by atoms with E-state index in [9.17, 15) is 9.67 Å². The molecule has 1 aromatic rings. The van der Waals surface area contributed by atoms with E-state index < -0.39 is 20.1 Å². The first-order valence-corrected chi connectivity index (χ1v) is 8.96. The first-order chi connectivity index (χ1) is 10.7. The van der Waals surface area contributed by atoms with Gasteiger partial charge in [-0.15, -0.1) is 0 Å². The first-order valence-electron chi connectivity index (χ1n) is 7.33. The van der Waals surface area contributed by atoms with Crippen LogP contribution in [0.3, 0.4) is 0 Å². The third kappa shape index (κ3) is 5.14. The highest BCUT2D eigenvalue weighted by Gasteiger charge is 2.35. The molecule has 0 spiro atoms. The van der Waals surface area contributed by atoms with Gasteiger partial charge in [-0.1, -0.05) is 30.3 Å². The summed E-state index contributed by atoms with van der Waals surface area (Å²) in [5.74, 6) is 0. The van der Waals surface area contributed by atoms with Crippen molar-refractivity contribution in [3.05, 3.63) is 35.9 Å². The summed E-state index contributed by atoms with van der Waals surface area (Å²) in [6, 6.07) is 9.59. The van der Waals surface area contributed by atoms with Crippen LogP contribution in [0.4, 0.5) is 0 Å². The molecule has 2 unspecified atom stereocenters. The van der Waals surface area contributed by atoms with Crippen LogP contribution in [0.1, 0.15) is 12.5 Å². The summed E-state index contributed by atoms with van der Waals surface area (Å²) in [5, 5.41) is 15.1. The Morgan fingerprint density at radius 2 is 1.91 bits per heavy atom. The van der Waals surface area contributed by atoms with E-state index in [2.05, 4.69) is 10.2 Å². The summed E-state index contributed by atoms with van der Waals surface area (Å²) in [6.07, 6.45) is -1.64. The highest BCUT2D eigenvalue weighted by molar-refractivity contribution is 7.55. The second kappa shape index (κ2) is 8.74. The number of benzene rings is 1. The Balaban J connectivity index is 1.95. The van der Waals surface area contributed by atoms with Gasteiger partial charge in [0.15, 0.2) is 6.29 Å². The fourth-order valence-electron chi connectivity index (χ4n) is 2.05. The van der Waals surface area contributed by atoms with Crippen LogP contribution in [0.25, 0.3) is 0 Å². The van der Waals surface area contributed by atoms with Crippen molar-refractivity contribution in [3.8, 4) is 0 Å². The maximum absolute atomic E-state index is 12.3. The number of ether oxygens (including phenoxy) is 2. The predicted octanol–water partition coefficient (Wildman–Crippen LogP) is 1.24. The number of aliphatic hydroxyl groups excluding tert-OH is 1. The van der Waals surface area contributed by atoms with Gasteiger partial charge in [0.05, 0.1) is 13.2 Å². The molecule has 1 fully saturated rings. The molecule has 1 aromatic carbocycles. The van der Waals surface area contributed by atoms with E-state index in [0.29, 0.717) is 26.3 Å². The van der Waals surface area contributed by atoms with Crippen LogP contribution in [0.2, 0.25) is 0 Å². The van der Waals surface area contributed by atoms with Crippen LogP contribution in [-0.4, -0.2) is 43.8 Å². The molecule has 1 aliphatic heterocycles. The Hall–Kier alpha value is -0.790. The molecule has 0 aromatic heterocycles. The van der Waals surface area contributed by atoms with Crippen molar-refractivity contribution in [2.75, 3.05) is 26.3 Å². The van der Waals surface area contributed by atoms with E-state index in [1.807, 2.05) is 30.3 Å². The zero-order valence-corrected chi connectivity index (χ0v) is 13.5. The standard InChI is InChI=1S/C14H23N2O5P/c1-2-19-14(21-22(18)15-8-9-16-22)13(10-17)20-11-12-6-4-3-5-7-12/h3-7,13-14,17H,2,8-11H2,1H3,(H2,15,16,18). The highest BCUT2D eigenvalue weighted by atomic mass is 31.2. The van der Waals surface area contributed by atoms with Gasteiger partial charge in [0, 0.05) is 19.7 Å². The molecular formula is C14H23N2O5P. The summed E-state index contributed by atoms with van der Waals surface area (Å²) >= 11 is 0. The molecule has 0 amide bonds. The zero-order chi connectivity index (χ0) is 15.8. The van der Waals surface area contributed by atoms with E-state index >= 15 is 0 Å². The van der Waals surface area contributed by atoms with Gasteiger partial charge in [0.2, 0.25) is 0 Å². The molecule has 1 saturated heterocycles. The number of aliphatic hydroxyl groups is 1. The van der Waals surface area contributed by atoms with Gasteiger partial charge in [-0.05, 0) is 12.5 Å². The van der Waals surface area contributed by atoms with E-state index in [-0.39, 0.29) is 6.61 Å². The Morgan fingerprint density at radius 3 is 2.50 bits per heavy atom. The molecule has 124 valence electrons. The Labute approximate surface area is 130 Å². The minimum absolute atomic E-state index is 0.294. The summed E-state index contributed by atoms with van der Waals surface area (Å²) < 4.78 is 29.0. The van der Waals surface area contributed by atoms with E-state index in [1.165, 1.54) is 0 Å². The molecule has 0 bridgehead atoms. The smallest absolute Gasteiger partial charge is 0.343 e. The van der Waals surface area contributed by atoms with Gasteiger partial charge in [-0.3, -0.25) is 9.09 Å². The Bertz CT molecular complexity index is 477. The van der Waals surface area contributed by atoms with Crippen molar-refractivity contribution in [1.82, 2.24) is 10.2 Å². The Kier molecular flexibility index (Phi) is 6.98. The van der Waals surface area contributed by atoms with Crippen molar-refractivity contribution >= 4 is 7.67 Å². The number of hydrogen-bond acceptors (Lipinski definition) is 5. The summed E-state index contributed by atoms with van der Waals surface area (Å²) in [7, 11) is -3.13. The predicted molar refractivity (Wildman–Crippen MR) is 82.2 cm³/mol. The molecule has 22 heavy (non-hydrogen) atoms. The lowest BCUT2D eigenvalue weighted by atomic mass is 10.2. The number of rotatable bonds is 9. The maximum Gasteiger partial charge on any atom is 0.343 e. The van der Waals surface area contributed by atoms with Gasteiger partial charge in [-0.2, -0.15) is 0 Å². The fraction of sp³-hybridized carbons (Fsp3) is 0.571. The van der Waals surface area contributed by atoms with Crippen LogP contribution >= 0.6 is 7.67 Å². The summed E-state index contributed by atoms with van der Waals surface area (Å²) in [4.78, 5) is 0. The molecule has 0 aliphatic carbocycles. The van der Waals surface area contributed by atoms with Gasteiger partial charge in [0.1, 0.15) is 6.10 Å². The van der Waals surface area contributed by atoms with Gasteiger partial charge in [-0.25, -0.2) is 10.2 Å². The van der Waals surface area contributed by atoms with E-state index in [1.54, 1.807) is 6.92 Å². The molecule has 0 saturated carbocycles. The van der Waals surface area contributed by atoms with Gasteiger partial charge in [0.25, 0.3) is 0 Å².